The minimum Gasteiger partial charge on any atom is -0.350 e. The van der Waals surface area contributed by atoms with Crippen molar-refractivity contribution in [2.75, 3.05) is 32.1 Å². The normalized spacial score (nSPS) is 19.1. The van der Waals surface area contributed by atoms with Crippen molar-refractivity contribution in [2.24, 2.45) is 0 Å². The third-order valence-electron chi connectivity index (χ3n) is 5.29. The van der Waals surface area contributed by atoms with E-state index in [1.165, 1.54) is 36.4 Å². The number of likely N-dealkylation sites (N-methyl/N-ethyl adjacent to an activating group) is 1. The molecule has 11 heteroatoms. The van der Waals surface area contributed by atoms with Crippen LogP contribution in [-0.2, 0) is 19.9 Å². The van der Waals surface area contributed by atoms with Crippen LogP contribution in [-0.4, -0.2) is 65.8 Å². The molecule has 1 amide bonds. The molecule has 174 valence electrons. The van der Waals surface area contributed by atoms with Gasteiger partial charge in [-0.1, -0.05) is 12.1 Å². The maximum Gasteiger partial charge on any atom is 0.251 e. The minimum absolute atomic E-state index is 0.0388. The van der Waals surface area contributed by atoms with Crippen LogP contribution >= 0.6 is 0 Å². The Kier molecular flexibility index (Phi) is 7.33. The predicted molar refractivity (Wildman–Crippen MR) is 119 cm³/mol. The molecule has 0 saturated carbocycles. The smallest absolute Gasteiger partial charge is 0.251 e. The average molecular weight is 484 g/mol. The number of benzene rings is 2. The summed E-state index contributed by atoms with van der Waals surface area (Å²) in [6, 6.07) is 10.6. The Morgan fingerprint density at radius 2 is 1.88 bits per heavy atom. The number of nitrogens with zero attached hydrogens (tertiary/aromatic N) is 1. The summed E-state index contributed by atoms with van der Waals surface area (Å²) >= 11 is 0. The van der Waals surface area contributed by atoms with Gasteiger partial charge in [0.1, 0.15) is 5.82 Å². The van der Waals surface area contributed by atoms with E-state index in [0.29, 0.717) is 0 Å². The fourth-order valence-electron chi connectivity index (χ4n) is 3.56. The highest BCUT2D eigenvalue weighted by atomic mass is 32.2. The number of carbonyl (C=O) groups is 1. The van der Waals surface area contributed by atoms with Gasteiger partial charge in [0.25, 0.3) is 5.91 Å². The third-order valence-corrected chi connectivity index (χ3v) is 8.60. The molecule has 0 bridgehead atoms. The standard InChI is InChI=1S/C21H26FN3O5S2/c1-25(2)20(16-4-3-5-17(22)12-16)13-23-21(26)15-6-8-19(9-7-15)32(29,30)24-18-10-11-31(27,28)14-18/h3-9,12,18,20,24H,10-11,13-14H2,1-2H3,(H,23,26). The molecule has 0 aliphatic carbocycles. The molecule has 2 aromatic rings. The quantitative estimate of drug-likeness (QED) is 0.586. The molecule has 0 aromatic heterocycles. The summed E-state index contributed by atoms with van der Waals surface area (Å²) in [4.78, 5) is 14.4. The van der Waals surface area contributed by atoms with E-state index in [9.17, 15) is 26.0 Å². The maximum atomic E-state index is 13.6. The zero-order valence-corrected chi connectivity index (χ0v) is 19.4. The van der Waals surface area contributed by atoms with Crippen LogP contribution in [0.1, 0.15) is 28.4 Å². The van der Waals surface area contributed by atoms with Crippen molar-refractivity contribution in [3.63, 3.8) is 0 Å². The monoisotopic (exact) mass is 483 g/mol. The van der Waals surface area contributed by atoms with E-state index in [4.69, 9.17) is 0 Å². The number of nitrogens with one attached hydrogen (secondary N) is 2. The minimum atomic E-state index is -3.90. The summed E-state index contributed by atoms with van der Waals surface area (Å²) in [5, 5.41) is 2.79. The van der Waals surface area contributed by atoms with Crippen LogP contribution in [0.25, 0.3) is 0 Å². The number of carbonyl (C=O) groups excluding carboxylic acids is 1. The van der Waals surface area contributed by atoms with Gasteiger partial charge in [-0.25, -0.2) is 25.9 Å². The summed E-state index contributed by atoms with van der Waals surface area (Å²) < 4.78 is 64.1. The Hall–Kier alpha value is -2.34. The molecule has 8 nitrogen and oxygen atoms in total. The van der Waals surface area contributed by atoms with E-state index < -0.39 is 31.8 Å². The van der Waals surface area contributed by atoms with Gasteiger partial charge in [0.15, 0.2) is 9.84 Å². The second-order valence-corrected chi connectivity index (χ2v) is 11.9. The number of sulfone groups is 1. The van der Waals surface area contributed by atoms with Crippen molar-refractivity contribution >= 4 is 25.8 Å². The number of amides is 1. The van der Waals surface area contributed by atoms with E-state index in [0.717, 1.165) is 5.56 Å². The van der Waals surface area contributed by atoms with Crippen molar-refractivity contribution in [3.8, 4) is 0 Å². The number of sulfonamides is 1. The van der Waals surface area contributed by atoms with E-state index in [1.807, 2.05) is 19.0 Å². The summed E-state index contributed by atoms with van der Waals surface area (Å²) in [7, 11) is -3.47. The maximum absolute atomic E-state index is 13.6. The van der Waals surface area contributed by atoms with Gasteiger partial charge in [0.2, 0.25) is 10.0 Å². The van der Waals surface area contributed by atoms with Crippen LogP contribution in [0.2, 0.25) is 0 Å². The average Bonchev–Trinajstić information content (AvgIpc) is 3.05. The van der Waals surface area contributed by atoms with Crippen LogP contribution < -0.4 is 10.0 Å². The first kappa shape index (κ1) is 24.3. The molecular formula is C21H26FN3O5S2. The lowest BCUT2D eigenvalue weighted by atomic mass is 10.1. The largest absolute Gasteiger partial charge is 0.350 e. The molecular weight excluding hydrogens is 457 g/mol. The Bertz CT molecular complexity index is 1180. The molecule has 2 N–H and O–H groups in total. The van der Waals surface area contributed by atoms with Crippen LogP contribution in [0.5, 0.6) is 0 Å². The molecule has 2 aromatic carbocycles. The first-order chi connectivity index (χ1) is 15.0. The van der Waals surface area contributed by atoms with Gasteiger partial charge >= 0.3 is 0 Å². The number of hydrogen-bond acceptors (Lipinski definition) is 6. The number of hydrogen-bond donors (Lipinski definition) is 2. The van der Waals surface area contributed by atoms with Gasteiger partial charge in [-0.05, 0) is 62.5 Å². The molecule has 0 spiro atoms. The Morgan fingerprint density at radius 3 is 2.44 bits per heavy atom. The van der Waals surface area contributed by atoms with E-state index >= 15 is 0 Å². The van der Waals surface area contributed by atoms with Crippen LogP contribution in [0.15, 0.2) is 53.4 Å². The summed E-state index contributed by atoms with van der Waals surface area (Å²) in [6.45, 7) is 0.229. The van der Waals surface area contributed by atoms with Crippen molar-refractivity contribution in [1.82, 2.24) is 14.9 Å². The van der Waals surface area contributed by atoms with Crippen LogP contribution in [0.4, 0.5) is 4.39 Å². The van der Waals surface area contributed by atoms with E-state index in [-0.39, 0.29) is 46.8 Å². The second-order valence-electron chi connectivity index (χ2n) is 7.99. The fourth-order valence-corrected chi connectivity index (χ4v) is 6.61. The van der Waals surface area contributed by atoms with E-state index in [2.05, 4.69) is 10.0 Å². The predicted octanol–water partition coefficient (Wildman–Crippen LogP) is 1.32. The second kappa shape index (κ2) is 9.65. The molecule has 32 heavy (non-hydrogen) atoms. The molecule has 2 atom stereocenters. The molecule has 3 rings (SSSR count). The molecule has 2 unspecified atom stereocenters. The first-order valence-corrected chi connectivity index (χ1v) is 13.3. The molecule has 1 aliphatic heterocycles. The lowest BCUT2D eigenvalue weighted by Crippen LogP contribution is -2.36. The molecule has 1 saturated heterocycles. The lowest BCUT2D eigenvalue weighted by Gasteiger charge is -2.25. The SMILES string of the molecule is CN(C)C(CNC(=O)c1ccc(S(=O)(=O)NC2CCS(=O)(=O)C2)cc1)c1cccc(F)c1. The van der Waals surface area contributed by atoms with Crippen molar-refractivity contribution in [3.05, 3.63) is 65.5 Å². The van der Waals surface area contributed by atoms with Gasteiger partial charge in [-0.2, -0.15) is 0 Å². The third kappa shape index (κ3) is 6.12. The van der Waals surface area contributed by atoms with Gasteiger partial charge < -0.3 is 10.2 Å². The van der Waals surface area contributed by atoms with Crippen molar-refractivity contribution < 1.29 is 26.0 Å². The highest BCUT2D eigenvalue weighted by Gasteiger charge is 2.31. The lowest BCUT2D eigenvalue weighted by molar-refractivity contribution is 0.0941. The van der Waals surface area contributed by atoms with Gasteiger partial charge in [-0.15, -0.1) is 0 Å². The Balaban J connectivity index is 1.64. The number of halogens is 1. The van der Waals surface area contributed by atoms with Gasteiger partial charge in [0, 0.05) is 18.2 Å². The molecule has 0 radical (unpaired) electrons. The zero-order valence-electron chi connectivity index (χ0n) is 17.8. The zero-order chi connectivity index (χ0) is 23.5. The summed E-state index contributed by atoms with van der Waals surface area (Å²) in [5.74, 6) is -1.01. The first-order valence-electron chi connectivity index (χ1n) is 10.00. The van der Waals surface area contributed by atoms with Crippen molar-refractivity contribution in [2.45, 2.75) is 23.4 Å². The summed E-state index contributed by atoms with van der Waals surface area (Å²) in [5.41, 5.74) is 0.987. The molecule has 1 heterocycles. The fraction of sp³-hybridized carbons (Fsp3) is 0.381. The van der Waals surface area contributed by atoms with Crippen LogP contribution in [0.3, 0.4) is 0 Å². The Morgan fingerprint density at radius 1 is 1.19 bits per heavy atom. The van der Waals surface area contributed by atoms with E-state index in [1.54, 1.807) is 12.1 Å². The molecule has 1 fully saturated rings. The summed E-state index contributed by atoms with van der Waals surface area (Å²) in [6.07, 6.45) is 0.237. The van der Waals surface area contributed by atoms with Gasteiger partial charge in [0.05, 0.1) is 22.4 Å². The topological polar surface area (TPSA) is 113 Å². The Labute approximate surface area is 187 Å². The van der Waals surface area contributed by atoms with Crippen molar-refractivity contribution in [1.29, 1.82) is 0 Å². The number of rotatable bonds is 8. The highest BCUT2D eigenvalue weighted by Crippen LogP contribution is 2.19. The van der Waals surface area contributed by atoms with Gasteiger partial charge in [-0.3, -0.25) is 4.79 Å². The molecule has 1 aliphatic rings. The van der Waals surface area contributed by atoms with Crippen LogP contribution in [0, 0.1) is 5.82 Å². The highest BCUT2D eigenvalue weighted by molar-refractivity contribution is 7.92.